The summed E-state index contributed by atoms with van der Waals surface area (Å²) in [6.07, 6.45) is 1.45. The average Bonchev–Trinajstić information content (AvgIpc) is 2.72. The van der Waals surface area contributed by atoms with Gasteiger partial charge in [-0.15, -0.1) is 0 Å². The fraction of sp³-hybridized carbons (Fsp3) is 0.190. The zero-order chi connectivity index (χ0) is 20.5. The number of hydrogen-bond donors (Lipinski definition) is 1. The molecule has 28 heavy (non-hydrogen) atoms. The summed E-state index contributed by atoms with van der Waals surface area (Å²) in [5.74, 6) is 0.0282. The summed E-state index contributed by atoms with van der Waals surface area (Å²) in [5.41, 5.74) is 1.36. The Morgan fingerprint density at radius 3 is 2.32 bits per heavy atom. The number of nitrogens with one attached hydrogen (secondary N) is 1. The van der Waals surface area contributed by atoms with E-state index < -0.39 is 11.9 Å². The monoisotopic (exact) mass is 380 g/mol. The number of nitrogens with zero attached hydrogens (tertiary/aromatic N) is 1. The molecule has 1 N–H and O–H groups in total. The van der Waals surface area contributed by atoms with E-state index in [2.05, 4.69) is 5.32 Å². The highest BCUT2D eigenvalue weighted by molar-refractivity contribution is 6.09. The number of anilines is 1. The van der Waals surface area contributed by atoms with E-state index >= 15 is 0 Å². The van der Waals surface area contributed by atoms with Crippen molar-refractivity contribution in [2.24, 2.45) is 0 Å². The second-order valence-corrected chi connectivity index (χ2v) is 5.54. The number of amides is 1. The van der Waals surface area contributed by atoms with Crippen LogP contribution in [0, 0.1) is 11.3 Å². The molecule has 0 aromatic heterocycles. The summed E-state index contributed by atoms with van der Waals surface area (Å²) in [6.45, 7) is 2.00. The van der Waals surface area contributed by atoms with E-state index in [1.165, 1.54) is 32.4 Å². The van der Waals surface area contributed by atoms with Gasteiger partial charge in [-0.3, -0.25) is 4.79 Å². The van der Waals surface area contributed by atoms with Gasteiger partial charge < -0.3 is 19.5 Å². The predicted octanol–water partition coefficient (Wildman–Crippen LogP) is 3.43. The van der Waals surface area contributed by atoms with Gasteiger partial charge in [0.25, 0.3) is 5.91 Å². The van der Waals surface area contributed by atoms with Gasteiger partial charge in [0.05, 0.1) is 26.4 Å². The molecule has 7 heteroatoms. The third kappa shape index (κ3) is 5.11. The number of ether oxygens (including phenoxy) is 3. The number of rotatable bonds is 7. The molecule has 144 valence electrons. The molecule has 0 bridgehead atoms. The van der Waals surface area contributed by atoms with Crippen LogP contribution in [0.4, 0.5) is 5.69 Å². The number of hydrogen-bond acceptors (Lipinski definition) is 6. The van der Waals surface area contributed by atoms with Gasteiger partial charge in [0.2, 0.25) is 0 Å². The molecule has 0 unspecified atom stereocenters. The van der Waals surface area contributed by atoms with Gasteiger partial charge >= 0.3 is 5.97 Å². The first kappa shape index (κ1) is 20.5. The van der Waals surface area contributed by atoms with Crippen LogP contribution < -0.4 is 14.8 Å². The van der Waals surface area contributed by atoms with Crippen LogP contribution in [0.25, 0.3) is 6.08 Å². The summed E-state index contributed by atoms with van der Waals surface area (Å²) >= 11 is 0. The van der Waals surface area contributed by atoms with Crippen LogP contribution in [0.3, 0.4) is 0 Å². The maximum Gasteiger partial charge on any atom is 0.338 e. The van der Waals surface area contributed by atoms with E-state index in [0.29, 0.717) is 28.3 Å². The van der Waals surface area contributed by atoms with E-state index in [4.69, 9.17) is 14.2 Å². The zero-order valence-corrected chi connectivity index (χ0v) is 15.8. The molecule has 2 aromatic rings. The lowest BCUT2D eigenvalue weighted by molar-refractivity contribution is -0.112. The van der Waals surface area contributed by atoms with Crippen molar-refractivity contribution >= 4 is 23.6 Å². The van der Waals surface area contributed by atoms with Gasteiger partial charge in [0, 0.05) is 5.69 Å². The summed E-state index contributed by atoms with van der Waals surface area (Å²) in [7, 11) is 3.03. The molecule has 0 heterocycles. The maximum absolute atomic E-state index is 12.4. The fourth-order valence-electron chi connectivity index (χ4n) is 2.36. The number of esters is 1. The minimum Gasteiger partial charge on any atom is -0.493 e. The molecule has 2 aromatic carbocycles. The molecule has 0 radical (unpaired) electrons. The predicted molar refractivity (Wildman–Crippen MR) is 104 cm³/mol. The number of carbonyl (C=O) groups is 2. The highest BCUT2D eigenvalue weighted by Gasteiger charge is 2.12. The molecule has 0 fully saturated rings. The molecule has 0 atom stereocenters. The molecule has 0 aliphatic heterocycles. The van der Waals surface area contributed by atoms with Crippen LogP contribution in [0.15, 0.2) is 48.0 Å². The van der Waals surface area contributed by atoms with Crippen LogP contribution in [-0.4, -0.2) is 32.7 Å². The van der Waals surface area contributed by atoms with E-state index in [0.717, 1.165) is 0 Å². The number of carbonyl (C=O) groups excluding carboxylic acids is 2. The number of nitriles is 1. The van der Waals surface area contributed by atoms with Crippen LogP contribution in [0.1, 0.15) is 22.8 Å². The van der Waals surface area contributed by atoms with Crippen LogP contribution in [0.5, 0.6) is 11.5 Å². The summed E-state index contributed by atoms with van der Waals surface area (Å²) in [4.78, 5) is 24.1. The normalized spacial score (nSPS) is 10.6. The van der Waals surface area contributed by atoms with E-state index in [9.17, 15) is 14.9 Å². The average molecular weight is 380 g/mol. The molecule has 0 saturated carbocycles. The first-order valence-electron chi connectivity index (χ1n) is 8.44. The van der Waals surface area contributed by atoms with Crippen molar-refractivity contribution in [1.29, 1.82) is 5.26 Å². The van der Waals surface area contributed by atoms with Gasteiger partial charge in [0.1, 0.15) is 11.6 Å². The van der Waals surface area contributed by atoms with E-state index in [1.807, 2.05) is 6.07 Å². The number of benzene rings is 2. The summed E-state index contributed by atoms with van der Waals surface area (Å²) in [5, 5.41) is 12.0. The molecular weight excluding hydrogens is 360 g/mol. The fourth-order valence-corrected chi connectivity index (χ4v) is 2.36. The SMILES string of the molecule is CCOC(=O)c1ccc(NC(=O)/C(C#N)=C\c2ccc(OC)c(OC)c2)cc1. The topological polar surface area (TPSA) is 97.7 Å². The lowest BCUT2D eigenvalue weighted by Crippen LogP contribution is -2.13. The molecule has 0 saturated heterocycles. The Morgan fingerprint density at radius 2 is 1.75 bits per heavy atom. The van der Waals surface area contributed by atoms with Gasteiger partial charge in [-0.1, -0.05) is 6.07 Å². The van der Waals surface area contributed by atoms with Crippen molar-refractivity contribution < 1.29 is 23.8 Å². The first-order chi connectivity index (χ1) is 13.5. The third-order valence-electron chi connectivity index (χ3n) is 3.74. The van der Waals surface area contributed by atoms with Crippen molar-refractivity contribution in [3.05, 3.63) is 59.2 Å². The number of methoxy groups -OCH3 is 2. The molecule has 7 nitrogen and oxygen atoms in total. The Balaban J connectivity index is 2.16. The lowest BCUT2D eigenvalue weighted by Gasteiger charge is -2.08. The quantitative estimate of drug-likeness (QED) is 0.449. The Kier molecular flexibility index (Phi) is 7.17. The Bertz CT molecular complexity index is 927. The van der Waals surface area contributed by atoms with Crippen molar-refractivity contribution in [3.8, 4) is 17.6 Å². The molecule has 2 rings (SSSR count). The largest absolute Gasteiger partial charge is 0.493 e. The lowest BCUT2D eigenvalue weighted by atomic mass is 10.1. The minimum atomic E-state index is -0.568. The highest BCUT2D eigenvalue weighted by atomic mass is 16.5. The van der Waals surface area contributed by atoms with Crippen molar-refractivity contribution in [1.82, 2.24) is 0 Å². The summed E-state index contributed by atoms with van der Waals surface area (Å²) < 4.78 is 15.3. The minimum absolute atomic E-state index is 0.0818. The first-order valence-corrected chi connectivity index (χ1v) is 8.44. The molecule has 0 aliphatic rings. The molecule has 0 aliphatic carbocycles. The van der Waals surface area contributed by atoms with Gasteiger partial charge in [-0.2, -0.15) is 5.26 Å². The standard InChI is InChI=1S/C21H20N2O5/c1-4-28-21(25)15-6-8-17(9-7-15)23-20(24)16(13-22)11-14-5-10-18(26-2)19(12-14)27-3/h5-12H,4H2,1-3H3,(H,23,24)/b16-11-. The van der Waals surface area contributed by atoms with Gasteiger partial charge in [-0.05, 0) is 55.0 Å². The van der Waals surface area contributed by atoms with Gasteiger partial charge in [-0.25, -0.2) is 4.79 Å². The Hall–Kier alpha value is -3.79. The highest BCUT2D eigenvalue weighted by Crippen LogP contribution is 2.28. The van der Waals surface area contributed by atoms with E-state index in [1.54, 1.807) is 37.3 Å². The van der Waals surface area contributed by atoms with Gasteiger partial charge in [0.15, 0.2) is 11.5 Å². The van der Waals surface area contributed by atoms with Crippen LogP contribution in [-0.2, 0) is 9.53 Å². The van der Waals surface area contributed by atoms with Crippen LogP contribution >= 0.6 is 0 Å². The van der Waals surface area contributed by atoms with E-state index in [-0.39, 0.29) is 12.2 Å². The van der Waals surface area contributed by atoms with Crippen molar-refractivity contribution in [3.63, 3.8) is 0 Å². The second-order valence-electron chi connectivity index (χ2n) is 5.54. The third-order valence-corrected chi connectivity index (χ3v) is 3.74. The van der Waals surface area contributed by atoms with Crippen LogP contribution in [0.2, 0.25) is 0 Å². The smallest absolute Gasteiger partial charge is 0.338 e. The zero-order valence-electron chi connectivity index (χ0n) is 15.8. The maximum atomic E-state index is 12.4. The molecular formula is C21H20N2O5. The molecule has 1 amide bonds. The molecule has 0 spiro atoms. The Morgan fingerprint density at radius 1 is 1.07 bits per heavy atom. The van der Waals surface area contributed by atoms with Crippen molar-refractivity contribution in [2.45, 2.75) is 6.92 Å². The second kappa shape index (κ2) is 9.78. The van der Waals surface area contributed by atoms with Crippen molar-refractivity contribution in [2.75, 3.05) is 26.1 Å². The Labute approximate surface area is 163 Å². The summed E-state index contributed by atoms with van der Waals surface area (Å²) in [6, 6.07) is 13.2.